The highest BCUT2D eigenvalue weighted by atomic mass is 35.5. The van der Waals surface area contributed by atoms with Crippen LogP contribution in [0.4, 0.5) is 5.69 Å². The average Bonchev–Trinajstić information content (AvgIpc) is 2.53. The van der Waals surface area contributed by atoms with Crippen LogP contribution in [0.15, 0.2) is 24.3 Å². The first-order valence-electron chi connectivity index (χ1n) is 7.89. The van der Waals surface area contributed by atoms with Crippen LogP contribution in [0.25, 0.3) is 0 Å². The van der Waals surface area contributed by atoms with Gasteiger partial charge in [0.25, 0.3) is 0 Å². The van der Waals surface area contributed by atoms with Gasteiger partial charge in [-0.1, -0.05) is 23.7 Å². The van der Waals surface area contributed by atoms with E-state index in [1.165, 1.54) is 0 Å². The molecule has 1 aromatic rings. The molecule has 0 bridgehead atoms. The fraction of sp³-hybridized carbons (Fsp3) is 0.562. The van der Waals surface area contributed by atoms with Crippen molar-refractivity contribution in [1.29, 1.82) is 0 Å². The number of carbonyl (C=O) groups is 1. The Balaban J connectivity index is 1.65. The van der Waals surface area contributed by atoms with Crippen molar-refractivity contribution in [3.8, 4) is 0 Å². The number of rotatable bonds is 7. The molecule has 3 N–H and O–H groups in total. The molecule has 0 aromatic heterocycles. The van der Waals surface area contributed by atoms with Crippen LogP contribution in [0.2, 0.25) is 5.02 Å². The van der Waals surface area contributed by atoms with Crippen LogP contribution in [-0.4, -0.2) is 56.6 Å². The number of hydrogen-bond donors (Lipinski definition) is 2. The summed E-state index contributed by atoms with van der Waals surface area (Å²) in [5.74, 6) is 0.0473. The standard InChI is InChI=1S/C16H25ClN4O/c17-14-4-1-2-5-15(14)21-12-10-20(11-13-21)9-3-8-19-16(22)6-7-18/h1-2,4-5H,3,6-13,18H2,(H,19,22). The second kappa shape index (κ2) is 8.98. The Kier molecular flexibility index (Phi) is 6.96. The number of amides is 1. The van der Waals surface area contributed by atoms with Crippen molar-refractivity contribution in [2.45, 2.75) is 12.8 Å². The molecule has 1 aliphatic heterocycles. The minimum absolute atomic E-state index is 0.0473. The summed E-state index contributed by atoms with van der Waals surface area (Å²) >= 11 is 6.25. The molecule has 5 nitrogen and oxygen atoms in total. The summed E-state index contributed by atoms with van der Waals surface area (Å²) in [5, 5.41) is 3.71. The molecule has 6 heteroatoms. The summed E-state index contributed by atoms with van der Waals surface area (Å²) in [5.41, 5.74) is 6.46. The molecule has 0 spiro atoms. The molecule has 0 unspecified atom stereocenters. The van der Waals surface area contributed by atoms with E-state index in [1.54, 1.807) is 0 Å². The van der Waals surface area contributed by atoms with Crippen LogP contribution in [-0.2, 0) is 4.79 Å². The summed E-state index contributed by atoms with van der Waals surface area (Å²) in [6, 6.07) is 8.00. The van der Waals surface area contributed by atoms with E-state index in [9.17, 15) is 4.79 Å². The lowest BCUT2D eigenvalue weighted by atomic mass is 10.2. The van der Waals surface area contributed by atoms with Gasteiger partial charge in [0.05, 0.1) is 10.7 Å². The van der Waals surface area contributed by atoms with E-state index in [-0.39, 0.29) is 5.91 Å². The van der Waals surface area contributed by atoms with E-state index in [4.69, 9.17) is 17.3 Å². The summed E-state index contributed by atoms with van der Waals surface area (Å²) in [6.45, 7) is 6.19. The topological polar surface area (TPSA) is 61.6 Å². The molecule has 1 heterocycles. The summed E-state index contributed by atoms with van der Waals surface area (Å²) in [6.07, 6.45) is 1.39. The number of benzene rings is 1. The minimum Gasteiger partial charge on any atom is -0.368 e. The number of nitrogens with one attached hydrogen (secondary N) is 1. The van der Waals surface area contributed by atoms with Crippen molar-refractivity contribution in [3.05, 3.63) is 29.3 Å². The maximum Gasteiger partial charge on any atom is 0.221 e. The molecule has 0 radical (unpaired) electrons. The molecular weight excluding hydrogens is 300 g/mol. The Hall–Kier alpha value is -1.30. The lowest BCUT2D eigenvalue weighted by molar-refractivity contribution is -0.120. The second-order valence-electron chi connectivity index (χ2n) is 5.52. The van der Waals surface area contributed by atoms with E-state index in [1.807, 2.05) is 18.2 Å². The van der Waals surface area contributed by atoms with Crippen LogP contribution in [0.3, 0.4) is 0 Å². The predicted molar refractivity (Wildman–Crippen MR) is 91.4 cm³/mol. The van der Waals surface area contributed by atoms with Crippen molar-refractivity contribution >= 4 is 23.2 Å². The van der Waals surface area contributed by atoms with Crippen molar-refractivity contribution in [2.24, 2.45) is 5.73 Å². The van der Waals surface area contributed by atoms with Crippen LogP contribution in [0.1, 0.15) is 12.8 Å². The number of hydrogen-bond acceptors (Lipinski definition) is 4. The number of halogens is 1. The number of nitrogens with zero attached hydrogens (tertiary/aromatic N) is 2. The zero-order valence-electron chi connectivity index (χ0n) is 12.9. The quantitative estimate of drug-likeness (QED) is 0.743. The van der Waals surface area contributed by atoms with Gasteiger partial charge < -0.3 is 16.0 Å². The summed E-state index contributed by atoms with van der Waals surface area (Å²) < 4.78 is 0. The zero-order valence-corrected chi connectivity index (χ0v) is 13.7. The molecule has 1 aliphatic rings. The van der Waals surface area contributed by atoms with E-state index in [0.717, 1.165) is 56.4 Å². The van der Waals surface area contributed by atoms with E-state index in [2.05, 4.69) is 21.2 Å². The van der Waals surface area contributed by atoms with Gasteiger partial charge in [0, 0.05) is 45.7 Å². The smallest absolute Gasteiger partial charge is 0.221 e. The monoisotopic (exact) mass is 324 g/mol. The van der Waals surface area contributed by atoms with Gasteiger partial charge in [-0.2, -0.15) is 0 Å². The molecule has 2 rings (SSSR count). The average molecular weight is 325 g/mol. The molecular formula is C16H25ClN4O. The molecule has 1 aromatic carbocycles. The molecule has 1 amide bonds. The third-order valence-electron chi connectivity index (χ3n) is 3.91. The highest BCUT2D eigenvalue weighted by Crippen LogP contribution is 2.25. The van der Waals surface area contributed by atoms with Crippen LogP contribution in [0.5, 0.6) is 0 Å². The predicted octanol–water partition coefficient (Wildman–Crippen LogP) is 1.32. The highest BCUT2D eigenvalue weighted by Gasteiger charge is 2.18. The Labute approximate surface area is 137 Å². The molecule has 0 atom stereocenters. The van der Waals surface area contributed by atoms with Crippen molar-refractivity contribution < 1.29 is 4.79 Å². The van der Waals surface area contributed by atoms with Gasteiger partial charge in [-0.05, 0) is 25.1 Å². The third-order valence-corrected chi connectivity index (χ3v) is 4.23. The van der Waals surface area contributed by atoms with Crippen LogP contribution < -0.4 is 16.0 Å². The lowest BCUT2D eigenvalue weighted by Gasteiger charge is -2.36. The molecule has 1 saturated heterocycles. The molecule has 1 fully saturated rings. The van der Waals surface area contributed by atoms with Crippen molar-refractivity contribution in [1.82, 2.24) is 10.2 Å². The molecule has 122 valence electrons. The summed E-state index contributed by atoms with van der Waals surface area (Å²) in [7, 11) is 0. The van der Waals surface area contributed by atoms with E-state index < -0.39 is 0 Å². The van der Waals surface area contributed by atoms with Gasteiger partial charge in [0.15, 0.2) is 0 Å². The fourth-order valence-corrected chi connectivity index (χ4v) is 2.93. The van der Waals surface area contributed by atoms with Crippen LogP contribution >= 0.6 is 11.6 Å². The first kappa shape index (κ1) is 17.1. The van der Waals surface area contributed by atoms with Gasteiger partial charge in [-0.3, -0.25) is 9.69 Å². The Morgan fingerprint density at radius 1 is 1.23 bits per heavy atom. The maximum atomic E-state index is 11.3. The normalized spacial score (nSPS) is 15.8. The maximum absolute atomic E-state index is 11.3. The Bertz CT molecular complexity index is 475. The minimum atomic E-state index is 0.0473. The lowest BCUT2D eigenvalue weighted by Crippen LogP contribution is -2.47. The highest BCUT2D eigenvalue weighted by molar-refractivity contribution is 6.33. The summed E-state index contributed by atoms with van der Waals surface area (Å²) in [4.78, 5) is 16.1. The molecule has 0 aliphatic carbocycles. The van der Waals surface area contributed by atoms with Crippen molar-refractivity contribution in [2.75, 3.05) is 50.7 Å². The number of carbonyl (C=O) groups excluding carboxylic acids is 1. The van der Waals surface area contributed by atoms with Crippen molar-refractivity contribution in [3.63, 3.8) is 0 Å². The first-order valence-corrected chi connectivity index (χ1v) is 8.27. The largest absolute Gasteiger partial charge is 0.368 e. The molecule has 22 heavy (non-hydrogen) atoms. The Morgan fingerprint density at radius 3 is 2.64 bits per heavy atom. The third kappa shape index (κ3) is 5.16. The number of piperazine rings is 1. The number of nitrogens with two attached hydrogens (primary N) is 1. The van der Waals surface area contributed by atoms with E-state index in [0.29, 0.717) is 13.0 Å². The van der Waals surface area contributed by atoms with E-state index >= 15 is 0 Å². The number of anilines is 1. The fourth-order valence-electron chi connectivity index (χ4n) is 2.67. The van der Waals surface area contributed by atoms with Gasteiger partial charge in [0.2, 0.25) is 5.91 Å². The number of para-hydroxylation sites is 1. The van der Waals surface area contributed by atoms with Crippen LogP contribution in [0, 0.1) is 0 Å². The van der Waals surface area contributed by atoms with Gasteiger partial charge >= 0.3 is 0 Å². The Morgan fingerprint density at radius 2 is 1.95 bits per heavy atom. The molecule has 0 saturated carbocycles. The first-order chi connectivity index (χ1) is 10.7. The second-order valence-corrected chi connectivity index (χ2v) is 5.93. The van der Waals surface area contributed by atoms with Gasteiger partial charge in [-0.25, -0.2) is 0 Å². The van der Waals surface area contributed by atoms with Gasteiger partial charge in [0.1, 0.15) is 0 Å². The SMILES string of the molecule is NCCC(=O)NCCCN1CCN(c2ccccc2Cl)CC1. The van der Waals surface area contributed by atoms with Gasteiger partial charge in [-0.15, -0.1) is 0 Å². The zero-order chi connectivity index (χ0) is 15.8.